The molecule has 0 amide bonds. The molecule has 1 aromatic carbocycles. The van der Waals surface area contributed by atoms with Crippen LogP contribution in [0.4, 0.5) is 0 Å². The summed E-state index contributed by atoms with van der Waals surface area (Å²) in [5.74, 6) is 0. The van der Waals surface area contributed by atoms with Crippen LogP contribution in [0, 0.1) is 0 Å². The predicted molar refractivity (Wildman–Crippen MR) is 66.1 cm³/mol. The Balaban J connectivity index is 2.08. The van der Waals surface area contributed by atoms with E-state index in [0.717, 1.165) is 12.1 Å². The number of aromatic nitrogens is 1. The van der Waals surface area contributed by atoms with Crippen LogP contribution in [0.25, 0.3) is 0 Å². The highest BCUT2D eigenvalue weighted by Crippen LogP contribution is 2.24. The van der Waals surface area contributed by atoms with Crippen LogP contribution in [0.1, 0.15) is 16.1 Å². The van der Waals surface area contributed by atoms with Gasteiger partial charge < -0.3 is 0 Å². The summed E-state index contributed by atoms with van der Waals surface area (Å²) in [6.07, 6.45) is 2.80. The van der Waals surface area contributed by atoms with Crippen LogP contribution in [0.5, 0.6) is 0 Å². The van der Waals surface area contributed by atoms with Gasteiger partial charge in [0.25, 0.3) is 0 Å². The van der Waals surface area contributed by atoms with Crippen molar-refractivity contribution in [3.05, 3.63) is 66.0 Å². The first-order valence-corrected chi connectivity index (χ1v) is 5.87. The first-order chi connectivity index (χ1) is 7.36. The molecule has 0 spiro atoms. The molecule has 0 bridgehead atoms. The van der Waals surface area contributed by atoms with Gasteiger partial charge in [0.2, 0.25) is 0 Å². The molecule has 2 heteroatoms. The zero-order valence-corrected chi connectivity index (χ0v) is 9.89. The number of alkyl halides is 1. The summed E-state index contributed by atoms with van der Waals surface area (Å²) in [4.78, 5) is 4.62. The summed E-state index contributed by atoms with van der Waals surface area (Å²) in [6, 6.07) is 16.4. The average molecular weight is 262 g/mol. The van der Waals surface area contributed by atoms with Gasteiger partial charge in [0.1, 0.15) is 0 Å². The molecule has 76 valence electrons. The Morgan fingerprint density at radius 3 is 2.40 bits per heavy atom. The maximum absolute atomic E-state index is 4.33. The van der Waals surface area contributed by atoms with Crippen molar-refractivity contribution in [3.63, 3.8) is 0 Å². The van der Waals surface area contributed by atoms with Gasteiger partial charge in [0.05, 0.1) is 10.5 Å². The first kappa shape index (κ1) is 10.4. The molecular formula is C13H12BrN. The molecule has 0 saturated carbocycles. The average Bonchev–Trinajstić information content (AvgIpc) is 2.31. The van der Waals surface area contributed by atoms with Crippen LogP contribution < -0.4 is 0 Å². The van der Waals surface area contributed by atoms with E-state index in [0.29, 0.717) is 4.83 Å². The SMILES string of the molecule is Br[C@@H](Cc1ccccc1)c1ccccn1. The summed E-state index contributed by atoms with van der Waals surface area (Å²) in [6.45, 7) is 0. The van der Waals surface area contributed by atoms with Crippen molar-refractivity contribution in [1.82, 2.24) is 4.98 Å². The molecule has 0 saturated heterocycles. The summed E-state index contributed by atoms with van der Waals surface area (Å²) < 4.78 is 0. The monoisotopic (exact) mass is 261 g/mol. The Morgan fingerprint density at radius 2 is 1.73 bits per heavy atom. The minimum absolute atomic E-state index is 0.293. The van der Waals surface area contributed by atoms with E-state index in [1.807, 2.05) is 30.5 Å². The van der Waals surface area contributed by atoms with Crippen molar-refractivity contribution >= 4 is 15.9 Å². The minimum atomic E-state index is 0.293. The third-order valence-electron chi connectivity index (χ3n) is 2.27. The van der Waals surface area contributed by atoms with Gasteiger partial charge in [-0.2, -0.15) is 0 Å². The number of halogens is 1. The lowest BCUT2D eigenvalue weighted by Gasteiger charge is -2.08. The molecule has 0 aliphatic rings. The second kappa shape index (κ2) is 5.08. The van der Waals surface area contributed by atoms with Gasteiger partial charge in [0, 0.05) is 6.20 Å². The lowest BCUT2D eigenvalue weighted by molar-refractivity contribution is 0.904. The fraction of sp³-hybridized carbons (Fsp3) is 0.154. The van der Waals surface area contributed by atoms with Gasteiger partial charge in [-0.1, -0.05) is 52.3 Å². The summed E-state index contributed by atoms with van der Waals surface area (Å²) >= 11 is 3.66. The van der Waals surface area contributed by atoms with Crippen LogP contribution in [-0.4, -0.2) is 4.98 Å². The number of benzene rings is 1. The second-order valence-corrected chi connectivity index (χ2v) is 4.52. The van der Waals surface area contributed by atoms with E-state index < -0.39 is 0 Å². The van der Waals surface area contributed by atoms with Crippen molar-refractivity contribution in [2.45, 2.75) is 11.2 Å². The molecule has 1 heterocycles. The lowest BCUT2D eigenvalue weighted by Crippen LogP contribution is -1.97. The Kier molecular flexibility index (Phi) is 3.51. The zero-order valence-electron chi connectivity index (χ0n) is 8.31. The molecule has 0 fully saturated rings. The van der Waals surface area contributed by atoms with Crippen LogP contribution in [0.3, 0.4) is 0 Å². The first-order valence-electron chi connectivity index (χ1n) is 4.95. The Labute approximate surface area is 98.3 Å². The molecule has 0 unspecified atom stereocenters. The maximum atomic E-state index is 4.33. The molecule has 0 aliphatic carbocycles. The van der Waals surface area contributed by atoms with Gasteiger partial charge in [-0.3, -0.25) is 4.98 Å². The fourth-order valence-corrected chi connectivity index (χ4v) is 2.13. The van der Waals surface area contributed by atoms with E-state index in [1.165, 1.54) is 5.56 Å². The highest BCUT2D eigenvalue weighted by atomic mass is 79.9. The molecule has 1 atom stereocenters. The van der Waals surface area contributed by atoms with E-state index in [4.69, 9.17) is 0 Å². The van der Waals surface area contributed by atoms with Gasteiger partial charge in [-0.05, 0) is 24.1 Å². The van der Waals surface area contributed by atoms with E-state index in [2.05, 4.69) is 45.2 Å². The molecule has 0 aliphatic heterocycles. The molecule has 0 N–H and O–H groups in total. The van der Waals surface area contributed by atoms with Crippen molar-refractivity contribution in [1.29, 1.82) is 0 Å². The highest BCUT2D eigenvalue weighted by Gasteiger charge is 2.08. The fourth-order valence-electron chi connectivity index (χ4n) is 1.49. The topological polar surface area (TPSA) is 12.9 Å². The summed E-state index contributed by atoms with van der Waals surface area (Å²) in [5.41, 5.74) is 2.41. The molecule has 2 aromatic rings. The molecule has 15 heavy (non-hydrogen) atoms. The molecule has 1 aromatic heterocycles. The number of rotatable bonds is 3. The highest BCUT2D eigenvalue weighted by molar-refractivity contribution is 9.09. The smallest absolute Gasteiger partial charge is 0.0608 e. The number of hydrogen-bond acceptors (Lipinski definition) is 1. The second-order valence-electron chi connectivity index (χ2n) is 3.41. The van der Waals surface area contributed by atoms with E-state index in [9.17, 15) is 0 Å². The lowest BCUT2D eigenvalue weighted by atomic mass is 10.1. The number of nitrogens with zero attached hydrogens (tertiary/aromatic N) is 1. The molecule has 1 nitrogen and oxygen atoms in total. The van der Waals surface area contributed by atoms with Crippen molar-refractivity contribution in [2.24, 2.45) is 0 Å². The number of hydrogen-bond donors (Lipinski definition) is 0. The van der Waals surface area contributed by atoms with E-state index >= 15 is 0 Å². The van der Waals surface area contributed by atoms with E-state index in [1.54, 1.807) is 0 Å². The minimum Gasteiger partial charge on any atom is -0.260 e. The molecule has 2 rings (SSSR count). The normalized spacial score (nSPS) is 12.3. The van der Waals surface area contributed by atoms with Crippen molar-refractivity contribution in [2.75, 3.05) is 0 Å². The summed E-state index contributed by atoms with van der Waals surface area (Å²) in [5, 5.41) is 0. The van der Waals surface area contributed by atoms with Crippen LogP contribution in [-0.2, 0) is 6.42 Å². The van der Waals surface area contributed by atoms with Crippen molar-refractivity contribution in [3.8, 4) is 0 Å². The van der Waals surface area contributed by atoms with Crippen molar-refractivity contribution < 1.29 is 0 Å². The third-order valence-corrected chi connectivity index (χ3v) is 3.06. The van der Waals surface area contributed by atoms with Gasteiger partial charge in [0.15, 0.2) is 0 Å². The Hall–Kier alpha value is -1.15. The Morgan fingerprint density at radius 1 is 1.00 bits per heavy atom. The molecule has 0 radical (unpaired) electrons. The maximum Gasteiger partial charge on any atom is 0.0608 e. The van der Waals surface area contributed by atoms with Crippen LogP contribution in [0.2, 0.25) is 0 Å². The molecular weight excluding hydrogens is 250 g/mol. The van der Waals surface area contributed by atoms with Gasteiger partial charge in [-0.15, -0.1) is 0 Å². The van der Waals surface area contributed by atoms with Gasteiger partial charge in [-0.25, -0.2) is 0 Å². The Bertz CT molecular complexity index is 399. The zero-order chi connectivity index (χ0) is 10.5. The third kappa shape index (κ3) is 2.90. The largest absolute Gasteiger partial charge is 0.260 e. The predicted octanol–water partition coefficient (Wildman–Crippen LogP) is 3.76. The summed E-state index contributed by atoms with van der Waals surface area (Å²) in [7, 11) is 0. The quantitative estimate of drug-likeness (QED) is 0.767. The number of pyridine rings is 1. The van der Waals surface area contributed by atoms with E-state index in [-0.39, 0.29) is 0 Å². The van der Waals surface area contributed by atoms with Gasteiger partial charge >= 0.3 is 0 Å². The van der Waals surface area contributed by atoms with Crippen LogP contribution >= 0.6 is 15.9 Å². The standard InChI is InChI=1S/C13H12BrN/c14-12(13-8-4-5-9-15-13)10-11-6-2-1-3-7-11/h1-9,12H,10H2/t12-/m0/s1. The van der Waals surface area contributed by atoms with Crippen LogP contribution in [0.15, 0.2) is 54.7 Å².